The van der Waals surface area contributed by atoms with Gasteiger partial charge in [0, 0.05) is 6.20 Å². The van der Waals surface area contributed by atoms with Gasteiger partial charge in [-0.15, -0.1) is 0 Å². The Balaban J connectivity index is 1.73. The molecule has 1 amide bonds. The summed E-state index contributed by atoms with van der Waals surface area (Å²) in [6.45, 7) is 0.335. The lowest BCUT2D eigenvalue weighted by Gasteiger charge is -2.25. The van der Waals surface area contributed by atoms with E-state index < -0.39 is 0 Å². The van der Waals surface area contributed by atoms with Crippen LogP contribution < -0.4 is 14.8 Å². The Bertz CT molecular complexity index is 697. The minimum Gasteiger partial charge on any atom is -0.496 e. The van der Waals surface area contributed by atoms with Crippen LogP contribution in [0.15, 0.2) is 42.6 Å². The van der Waals surface area contributed by atoms with Crippen molar-refractivity contribution in [2.45, 2.75) is 44.8 Å². The molecule has 132 valence electrons. The minimum absolute atomic E-state index is 0.213. The number of carbonyl (C=O) groups is 1. The number of benzene rings is 1. The highest BCUT2D eigenvalue weighted by molar-refractivity contribution is 5.92. The van der Waals surface area contributed by atoms with Crippen LogP contribution in [0, 0.1) is 0 Å². The van der Waals surface area contributed by atoms with Gasteiger partial charge in [0.1, 0.15) is 17.2 Å². The minimum atomic E-state index is -0.213. The smallest absolute Gasteiger partial charge is 0.270 e. The van der Waals surface area contributed by atoms with E-state index in [2.05, 4.69) is 10.3 Å². The van der Waals surface area contributed by atoms with E-state index in [0.29, 0.717) is 12.2 Å². The van der Waals surface area contributed by atoms with Crippen LogP contribution >= 0.6 is 0 Å². The van der Waals surface area contributed by atoms with E-state index in [1.807, 2.05) is 18.2 Å². The van der Waals surface area contributed by atoms with Crippen LogP contribution in [-0.4, -0.2) is 24.1 Å². The molecule has 1 saturated carbocycles. The first kappa shape index (κ1) is 17.3. The molecule has 0 radical (unpaired) electrons. The van der Waals surface area contributed by atoms with E-state index in [9.17, 15) is 4.79 Å². The molecule has 1 aromatic carbocycles. The van der Waals surface area contributed by atoms with Gasteiger partial charge >= 0.3 is 0 Å². The van der Waals surface area contributed by atoms with Gasteiger partial charge in [-0.1, -0.05) is 18.6 Å². The third kappa shape index (κ3) is 4.50. The average Bonchev–Trinajstić information content (AvgIpc) is 2.68. The Morgan fingerprint density at radius 1 is 1.12 bits per heavy atom. The summed E-state index contributed by atoms with van der Waals surface area (Å²) in [5, 5.41) is 2.91. The van der Waals surface area contributed by atoms with E-state index in [1.165, 1.54) is 19.3 Å². The first-order chi connectivity index (χ1) is 12.3. The van der Waals surface area contributed by atoms with Crippen molar-refractivity contribution in [2.75, 3.05) is 7.11 Å². The van der Waals surface area contributed by atoms with Crippen LogP contribution in [0.25, 0.3) is 0 Å². The van der Waals surface area contributed by atoms with Crippen molar-refractivity contribution < 1.29 is 14.3 Å². The predicted octanol–water partition coefficient (Wildman–Crippen LogP) is 3.73. The summed E-state index contributed by atoms with van der Waals surface area (Å²) in [5.41, 5.74) is 1.26. The van der Waals surface area contributed by atoms with Crippen molar-refractivity contribution in [1.29, 1.82) is 0 Å². The second-order valence-corrected chi connectivity index (χ2v) is 6.21. The molecule has 0 unspecified atom stereocenters. The molecule has 1 aromatic heterocycles. The van der Waals surface area contributed by atoms with E-state index in [4.69, 9.17) is 9.47 Å². The first-order valence-electron chi connectivity index (χ1n) is 8.79. The number of nitrogens with zero attached hydrogens (tertiary/aromatic N) is 1. The number of aromatic nitrogens is 1. The van der Waals surface area contributed by atoms with Gasteiger partial charge in [-0.2, -0.15) is 0 Å². The second kappa shape index (κ2) is 8.51. The fraction of sp³-hybridized carbons (Fsp3) is 0.400. The van der Waals surface area contributed by atoms with Gasteiger partial charge in [0.15, 0.2) is 0 Å². The molecule has 1 fully saturated rings. The maximum absolute atomic E-state index is 12.3. The van der Waals surface area contributed by atoms with E-state index in [1.54, 1.807) is 31.5 Å². The highest BCUT2D eigenvalue weighted by atomic mass is 16.5. The molecular weight excluding hydrogens is 316 g/mol. The van der Waals surface area contributed by atoms with E-state index in [0.717, 1.165) is 29.9 Å². The third-order valence-electron chi connectivity index (χ3n) is 4.48. The molecule has 5 nitrogen and oxygen atoms in total. The zero-order valence-corrected chi connectivity index (χ0v) is 14.5. The number of hydrogen-bond donors (Lipinski definition) is 1. The predicted molar refractivity (Wildman–Crippen MR) is 95.9 cm³/mol. The highest BCUT2D eigenvalue weighted by Crippen LogP contribution is 2.31. The summed E-state index contributed by atoms with van der Waals surface area (Å²) in [4.78, 5) is 16.3. The summed E-state index contributed by atoms with van der Waals surface area (Å²) in [5.74, 6) is 1.29. The molecule has 0 bridgehead atoms. The van der Waals surface area contributed by atoms with Gasteiger partial charge in [-0.25, -0.2) is 0 Å². The molecule has 1 aliphatic carbocycles. The van der Waals surface area contributed by atoms with Gasteiger partial charge in [0.25, 0.3) is 5.91 Å². The molecule has 0 aliphatic heterocycles. The SMILES string of the molecule is COc1cccc(OC2CCCCC2)c1CNC(=O)c1ccccn1. The van der Waals surface area contributed by atoms with Gasteiger partial charge < -0.3 is 14.8 Å². The Labute approximate surface area is 148 Å². The van der Waals surface area contributed by atoms with Gasteiger partial charge in [0.05, 0.1) is 25.3 Å². The molecule has 1 N–H and O–H groups in total. The van der Waals surface area contributed by atoms with Crippen molar-refractivity contribution in [2.24, 2.45) is 0 Å². The van der Waals surface area contributed by atoms with Crippen LogP contribution in [0.4, 0.5) is 0 Å². The first-order valence-corrected chi connectivity index (χ1v) is 8.79. The van der Waals surface area contributed by atoms with Gasteiger partial charge in [-0.3, -0.25) is 9.78 Å². The number of rotatable bonds is 6. The molecule has 1 aliphatic rings. The Morgan fingerprint density at radius 3 is 2.64 bits per heavy atom. The lowest BCUT2D eigenvalue weighted by atomic mass is 9.97. The fourth-order valence-electron chi connectivity index (χ4n) is 3.14. The number of ether oxygens (including phenoxy) is 2. The fourth-order valence-corrected chi connectivity index (χ4v) is 3.14. The Morgan fingerprint density at radius 2 is 1.92 bits per heavy atom. The molecule has 0 saturated heterocycles. The zero-order chi connectivity index (χ0) is 17.5. The monoisotopic (exact) mass is 340 g/mol. The van der Waals surface area contributed by atoms with E-state index >= 15 is 0 Å². The van der Waals surface area contributed by atoms with Crippen molar-refractivity contribution in [3.63, 3.8) is 0 Å². The van der Waals surface area contributed by atoms with Gasteiger partial charge in [-0.05, 0) is 49.9 Å². The molecule has 0 atom stereocenters. The lowest BCUT2D eigenvalue weighted by Crippen LogP contribution is -2.25. The number of pyridine rings is 1. The zero-order valence-electron chi connectivity index (χ0n) is 14.5. The molecule has 5 heteroatoms. The van der Waals surface area contributed by atoms with E-state index in [-0.39, 0.29) is 12.0 Å². The van der Waals surface area contributed by atoms with Crippen LogP contribution in [0.1, 0.15) is 48.2 Å². The number of carbonyl (C=O) groups excluding carboxylic acids is 1. The summed E-state index contributed by atoms with van der Waals surface area (Å²) < 4.78 is 11.7. The Kier molecular flexibility index (Phi) is 5.88. The highest BCUT2D eigenvalue weighted by Gasteiger charge is 2.19. The molecule has 25 heavy (non-hydrogen) atoms. The van der Waals surface area contributed by atoms with Crippen molar-refractivity contribution in [3.05, 3.63) is 53.9 Å². The molecule has 0 spiro atoms. The molecule has 2 aromatic rings. The number of nitrogens with one attached hydrogen (secondary N) is 1. The molecule has 1 heterocycles. The van der Waals surface area contributed by atoms with Crippen molar-refractivity contribution >= 4 is 5.91 Å². The van der Waals surface area contributed by atoms with Crippen LogP contribution in [0.2, 0.25) is 0 Å². The van der Waals surface area contributed by atoms with Crippen LogP contribution in [-0.2, 0) is 6.54 Å². The number of hydrogen-bond acceptors (Lipinski definition) is 4. The Hall–Kier alpha value is -2.56. The number of methoxy groups -OCH3 is 1. The average molecular weight is 340 g/mol. The summed E-state index contributed by atoms with van der Waals surface area (Å²) in [7, 11) is 1.63. The maximum Gasteiger partial charge on any atom is 0.270 e. The lowest BCUT2D eigenvalue weighted by molar-refractivity contribution is 0.0944. The maximum atomic E-state index is 12.3. The van der Waals surface area contributed by atoms with Crippen LogP contribution in [0.3, 0.4) is 0 Å². The van der Waals surface area contributed by atoms with Gasteiger partial charge in [0.2, 0.25) is 0 Å². The normalized spacial score (nSPS) is 14.8. The molecule has 3 rings (SSSR count). The summed E-state index contributed by atoms with van der Waals surface area (Å²) in [6.07, 6.45) is 7.71. The summed E-state index contributed by atoms with van der Waals surface area (Å²) in [6, 6.07) is 11.0. The number of amides is 1. The van der Waals surface area contributed by atoms with Crippen molar-refractivity contribution in [3.8, 4) is 11.5 Å². The molecular formula is C20H24N2O3. The van der Waals surface area contributed by atoms with Crippen LogP contribution in [0.5, 0.6) is 11.5 Å². The quantitative estimate of drug-likeness (QED) is 0.870. The topological polar surface area (TPSA) is 60.5 Å². The summed E-state index contributed by atoms with van der Waals surface area (Å²) >= 11 is 0. The standard InChI is InChI=1S/C20H24N2O3/c1-24-18-11-7-12-19(25-15-8-3-2-4-9-15)16(18)14-22-20(23)17-10-5-6-13-21-17/h5-7,10-13,15H,2-4,8-9,14H2,1H3,(H,22,23). The third-order valence-corrected chi connectivity index (χ3v) is 4.48. The second-order valence-electron chi connectivity index (χ2n) is 6.21. The largest absolute Gasteiger partial charge is 0.496 e. The van der Waals surface area contributed by atoms with Crippen molar-refractivity contribution in [1.82, 2.24) is 10.3 Å².